The first kappa shape index (κ1) is 32.8. The average molecular weight is 731 g/mol. The Morgan fingerprint density at radius 1 is 0.357 bits per heavy atom. The standard InChI is InChI=1S/C52H39BN2Si/c1-56(2,44-24-10-5-11-25-44)45-28-26-36(27-29-45)41-34-50-52-51(35-41)55(43-22-8-4-9-23-43)49-33-40-19-15-13-17-38(40)31-47(49)53(52)46-30-37-16-12-14-18-39(37)32-48(46)54(50)42-20-6-3-7-21-42/h3-35H,1-2H3. The van der Waals surface area contributed by atoms with Gasteiger partial charge in [0.15, 0.2) is 0 Å². The lowest BCUT2D eigenvalue weighted by atomic mass is 9.33. The first-order valence-corrected chi connectivity index (χ1v) is 22.6. The zero-order chi connectivity index (χ0) is 37.4. The summed E-state index contributed by atoms with van der Waals surface area (Å²) in [7, 11) is -1.87. The Balaban J connectivity index is 1.22. The molecule has 2 heterocycles. The molecule has 9 aromatic rings. The quantitative estimate of drug-likeness (QED) is 0.163. The van der Waals surface area contributed by atoms with E-state index in [1.807, 2.05) is 0 Å². The summed E-state index contributed by atoms with van der Waals surface area (Å²) in [5, 5.41) is 7.89. The summed E-state index contributed by atoms with van der Waals surface area (Å²) in [5.74, 6) is 0. The number of rotatable bonds is 5. The second-order valence-corrected chi connectivity index (χ2v) is 20.2. The molecule has 264 valence electrons. The van der Waals surface area contributed by atoms with E-state index in [2.05, 4.69) is 223 Å². The monoisotopic (exact) mass is 730 g/mol. The van der Waals surface area contributed by atoms with Crippen LogP contribution in [0.25, 0.3) is 32.7 Å². The molecule has 2 nitrogen and oxygen atoms in total. The smallest absolute Gasteiger partial charge is 0.252 e. The number of fused-ring (bicyclic) bond motifs is 6. The molecule has 2 aliphatic rings. The number of hydrogen-bond acceptors (Lipinski definition) is 2. The van der Waals surface area contributed by atoms with Crippen molar-refractivity contribution in [2.75, 3.05) is 9.80 Å². The number of hydrogen-bond donors (Lipinski definition) is 0. The van der Waals surface area contributed by atoms with Gasteiger partial charge in [-0.3, -0.25) is 0 Å². The number of nitrogens with zero attached hydrogens (tertiary/aromatic N) is 2. The molecule has 11 rings (SSSR count). The van der Waals surface area contributed by atoms with Crippen LogP contribution >= 0.6 is 0 Å². The Bertz CT molecular complexity index is 2790. The summed E-state index contributed by atoms with van der Waals surface area (Å²) in [6.07, 6.45) is 0. The van der Waals surface area contributed by atoms with Gasteiger partial charge in [0.05, 0.1) is 0 Å². The fourth-order valence-electron chi connectivity index (χ4n) is 9.35. The predicted octanol–water partition coefficient (Wildman–Crippen LogP) is 10.6. The van der Waals surface area contributed by atoms with Crippen LogP contribution in [-0.4, -0.2) is 14.8 Å². The third-order valence-electron chi connectivity index (χ3n) is 12.3. The van der Waals surface area contributed by atoms with Gasteiger partial charge in [0.25, 0.3) is 6.71 Å². The van der Waals surface area contributed by atoms with Gasteiger partial charge in [-0.2, -0.15) is 0 Å². The first-order chi connectivity index (χ1) is 27.5. The second-order valence-electron chi connectivity index (χ2n) is 15.8. The first-order valence-electron chi connectivity index (χ1n) is 19.6. The van der Waals surface area contributed by atoms with Crippen molar-refractivity contribution in [3.05, 3.63) is 200 Å². The van der Waals surface area contributed by atoms with E-state index in [0.29, 0.717) is 0 Å². The predicted molar refractivity (Wildman–Crippen MR) is 244 cm³/mol. The molecular formula is C52H39BN2Si. The highest BCUT2D eigenvalue weighted by Crippen LogP contribution is 2.47. The van der Waals surface area contributed by atoms with Gasteiger partial charge >= 0.3 is 0 Å². The van der Waals surface area contributed by atoms with Gasteiger partial charge < -0.3 is 9.80 Å². The normalized spacial score (nSPS) is 13.1. The SMILES string of the molecule is C[Si](C)(c1ccccc1)c1ccc(-c2cc3c4c(c2)N(c2ccccc2)c2cc5ccccc5cc2B4c2cc4ccccc4cc2N3c2ccccc2)cc1. The van der Waals surface area contributed by atoms with E-state index >= 15 is 0 Å². The summed E-state index contributed by atoms with van der Waals surface area (Å²) in [5.41, 5.74) is 13.6. The lowest BCUT2D eigenvalue weighted by molar-refractivity contribution is 1.26. The minimum atomic E-state index is -1.87. The van der Waals surface area contributed by atoms with E-state index in [-0.39, 0.29) is 6.71 Å². The molecule has 0 aliphatic carbocycles. The minimum absolute atomic E-state index is 0.0354. The fraction of sp³-hybridized carbons (Fsp3) is 0.0385. The van der Waals surface area contributed by atoms with Gasteiger partial charge in [-0.05, 0) is 97.6 Å². The van der Waals surface area contributed by atoms with Crippen molar-refractivity contribution in [3.8, 4) is 11.1 Å². The zero-order valence-electron chi connectivity index (χ0n) is 31.5. The van der Waals surface area contributed by atoms with Crippen LogP contribution in [0, 0.1) is 0 Å². The van der Waals surface area contributed by atoms with Crippen molar-refractivity contribution in [3.63, 3.8) is 0 Å². The van der Waals surface area contributed by atoms with Gasteiger partial charge in [0.2, 0.25) is 0 Å². The Labute approximate surface area is 330 Å². The van der Waals surface area contributed by atoms with Gasteiger partial charge in [0, 0.05) is 34.1 Å². The molecule has 0 N–H and O–H groups in total. The molecule has 0 radical (unpaired) electrons. The number of benzene rings is 9. The largest absolute Gasteiger partial charge is 0.311 e. The van der Waals surface area contributed by atoms with Crippen molar-refractivity contribution in [2.24, 2.45) is 0 Å². The van der Waals surface area contributed by atoms with E-state index in [1.165, 1.54) is 82.2 Å². The molecule has 56 heavy (non-hydrogen) atoms. The van der Waals surface area contributed by atoms with Gasteiger partial charge in [0.1, 0.15) is 8.07 Å². The fourth-order valence-corrected chi connectivity index (χ4v) is 11.7. The highest BCUT2D eigenvalue weighted by atomic mass is 28.3. The molecule has 0 atom stereocenters. The minimum Gasteiger partial charge on any atom is -0.311 e. The Morgan fingerprint density at radius 3 is 1.21 bits per heavy atom. The molecule has 0 saturated carbocycles. The molecule has 4 heteroatoms. The molecule has 0 bridgehead atoms. The summed E-state index contributed by atoms with van der Waals surface area (Å²) < 4.78 is 0. The van der Waals surface area contributed by atoms with Gasteiger partial charge in [-0.1, -0.05) is 175 Å². The maximum Gasteiger partial charge on any atom is 0.252 e. The van der Waals surface area contributed by atoms with Crippen molar-refractivity contribution < 1.29 is 0 Å². The lowest BCUT2D eigenvalue weighted by Crippen LogP contribution is -2.61. The molecule has 9 aromatic carbocycles. The van der Waals surface area contributed by atoms with Crippen molar-refractivity contribution in [2.45, 2.75) is 13.1 Å². The van der Waals surface area contributed by atoms with E-state index in [4.69, 9.17) is 0 Å². The van der Waals surface area contributed by atoms with Gasteiger partial charge in [-0.15, -0.1) is 0 Å². The highest BCUT2D eigenvalue weighted by molar-refractivity contribution is 7.01. The van der Waals surface area contributed by atoms with Crippen molar-refractivity contribution in [1.29, 1.82) is 0 Å². The van der Waals surface area contributed by atoms with Crippen LogP contribution in [-0.2, 0) is 0 Å². The van der Waals surface area contributed by atoms with E-state index in [1.54, 1.807) is 0 Å². The highest BCUT2D eigenvalue weighted by Gasteiger charge is 2.44. The molecule has 2 aliphatic heterocycles. The lowest BCUT2D eigenvalue weighted by Gasteiger charge is -2.44. The van der Waals surface area contributed by atoms with Crippen LogP contribution in [0.4, 0.5) is 34.1 Å². The van der Waals surface area contributed by atoms with Crippen LogP contribution in [0.1, 0.15) is 0 Å². The molecule has 0 unspecified atom stereocenters. The zero-order valence-corrected chi connectivity index (χ0v) is 32.5. The van der Waals surface area contributed by atoms with E-state index in [0.717, 1.165) is 11.4 Å². The van der Waals surface area contributed by atoms with Crippen LogP contribution < -0.4 is 36.6 Å². The summed E-state index contributed by atoms with van der Waals surface area (Å²) in [6.45, 7) is 4.95. The van der Waals surface area contributed by atoms with Crippen molar-refractivity contribution >= 4 is 97.2 Å². The van der Waals surface area contributed by atoms with Crippen LogP contribution in [0.15, 0.2) is 200 Å². The molecular weight excluding hydrogens is 691 g/mol. The van der Waals surface area contributed by atoms with Gasteiger partial charge in [-0.25, -0.2) is 0 Å². The maximum absolute atomic E-state index is 2.52. The third kappa shape index (κ3) is 5.10. The van der Waals surface area contributed by atoms with Crippen LogP contribution in [0.2, 0.25) is 13.1 Å². The third-order valence-corrected chi connectivity index (χ3v) is 15.8. The number of para-hydroxylation sites is 2. The molecule has 0 aromatic heterocycles. The molecule has 0 spiro atoms. The molecule has 0 saturated heterocycles. The summed E-state index contributed by atoms with van der Waals surface area (Å²) in [6, 6.07) is 74.7. The van der Waals surface area contributed by atoms with Crippen LogP contribution in [0.3, 0.4) is 0 Å². The van der Waals surface area contributed by atoms with E-state index < -0.39 is 8.07 Å². The molecule has 0 fully saturated rings. The van der Waals surface area contributed by atoms with Crippen molar-refractivity contribution in [1.82, 2.24) is 0 Å². The molecule has 0 amide bonds. The summed E-state index contributed by atoms with van der Waals surface area (Å²) in [4.78, 5) is 5.05. The summed E-state index contributed by atoms with van der Waals surface area (Å²) >= 11 is 0. The second kappa shape index (κ2) is 12.7. The Morgan fingerprint density at radius 2 is 0.750 bits per heavy atom. The average Bonchev–Trinajstić information content (AvgIpc) is 3.26. The topological polar surface area (TPSA) is 6.48 Å². The maximum atomic E-state index is 2.52. The Kier molecular flexibility index (Phi) is 7.45. The Hall–Kier alpha value is -6.62. The van der Waals surface area contributed by atoms with E-state index in [9.17, 15) is 0 Å². The van der Waals surface area contributed by atoms with Crippen LogP contribution in [0.5, 0.6) is 0 Å². The number of anilines is 6.